The highest BCUT2D eigenvalue weighted by Gasteiger charge is 2.24. The van der Waals surface area contributed by atoms with E-state index in [9.17, 15) is 4.79 Å². The molecule has 6 nitrogen and oxygen atoms in total. The van der Waals surface area contributed by atoms with Crippen molar-refractivity contribution in [1.29, 1.82) is 0 Å². The van der Waals surface area contributed by atoms with Crippen LogP contribution in [0.25, 0.3) is 0 Å². The first-order valence-corrected chi connectivity index (χ1v) is 9.49. The fourth-order valence-electron chi connectivity index (χ4n) is 3.55. The number of rotatable bonds is 5. The van der Waals surface area contributed by atoms with E-state index >= 15 is 0 Å². The Hall–Kier alpha value is -1.37. The van der Waals surface area contributed by atoms with Crippen LogP contribution in [-0.4, -0.2) is 66.4 Å². The van der Waals surface area contributed by atoms with Gasteiger partial charge in [-0.1, -0.05) is 11.6 Å². The van der Waals surface area contributed by atoms with E-state index < -0.39 is 0 Å². The van der Waals surface area contributed by atoms with Gasteiger partial charge in [-0.3, -0.25) is 4.79 Å². The Kier molecular flexibility index (Phi) is 6.51. The van der Waals surface area contributed by atoms with Crippen molar-refractivity contribution in [2.45, 2.75) is 38.2 Å². The van der Waals surface area contributed by atoms with Gasteiger partial charge in [-0.2, -0.15) is 0 Å². The van der Waals surface area contributed by atoms with Gasteiger partial charge < -0.3 is 19.6 Å². The average Bonchev–Trinajstić information content (AvgIpc) is 2.66. The second-order valence-electron chi connectivity index (χ2n) is 6.69. The zero-order chi connectivity index (χ0) is 17.6. The smallest absolute Gasteiger partial charge is 0.255 e. The van der Waals surface area contributed by atoms with E-state index in [2.05, 4.69) is 9.88 Å². The molecule has 7 heteroatoms. The van der Waals surface area contributed by atoms with Gasteiger partial charge in [-0.15, -0.1) is 0 Å². The Morgan fingerprint density at radius 3 is 2.80 bits per heavy atom. The monoisotopic (exact) mass is 367 g/mol. The van der Waals surface area contributed by atoms with Gasteiger partial charge in [0.05, 0.1) is 29.9 Å². The van der Waals surface area contributed by atoms with Crippen LogP contribution in [0.5, 0.6) is 0 Å². The van der Waals surface area contributed by atoms with Gasteiger partial charge in [0.2, 0.25) is 0 Å². The summed E-state index contributed by atoms with van der Waals surface area (Å²) in [6.07, 6.45) is 6.99. The molecule has 3 heterocycles. The zero-order valence-electron chi connectivity index (χ0n) is 14.5. The number of carbonyl (C=O) groups is 1. The van der Waals surface area contributed by atoms with Crippen LogP contribution in [-0.2, 0) is 4.74 Å². The van der Waals surface area contributed by atoms with Crippen LogP contribution in [0.2, 0.25) is 5.02 Å². The van der Waals surface area contributed by atoms with Gasteiger partial charge in [-0.05, 0) is 38.2 Å². The molecule has 0 bridgehead atoms. The highest BCUT2D eigenvalue weighted by atomic mass is 35.5. The van der Waals surface area contributed by atoms with E-state index in [1.165, 1.54) is 6.42 Å². The Bertz CT molecular complexity index is 593. The maximum atomic E-state index is 12.6. The summed E-state index contributed by atoms with van der Waals surface area (Å²) in [7, 11) is 0. The number of halogens is 1. The normalized spacial score (nSPS) is 21.4. The summed E-state index contributed by atoms with van der Waals surface area (Å²) in [6.45, 7) is 3.57. The predicted molar refractivity (Wildman–Crippen MR) is 97.3 cm³/mol. The molecule has 1 atom stereocenters. The Morgan fingerprint density at radius 2 is 2.08 bits per heavy atom. The number of hydrogen-bond donors (Lipinski definition) is 1. The minimum atomic E-state index is 0.0171. The molecule has 0 aliphatic carbocycles. The summed E-state index contributed by atoms with van der Waals surface area (Å²) in [5, 5.41) is 9.41. The molecule has 2 fully saturated rings. The van der Waals surface area contributed by atoms with E-state index in [4.69, 9.17) is 21.4 Å². The maximum absolute atomic E-state index is 12.6. The third-order valence-corrected chi connectivity index (χ3v) is 5.11. The van der Waals surface area contributed by atoms with Crippen LogP contribution >= 0.6 is 11.6 Å². The van der Waals surface area contributed by atoms with Crippen LogP contribution in [0.1, 0.15) is 42.5 Å². The summed E-state index contributed by atoms with van der Waals surface area (Å²) >= 11 is 6.44. The van der Waals surface area contributed by atoms with Crippen molar-refractivity contribution in [1.82, 2.24) is 9.88 Å². The second-order valence-corrected chi connectivity index (χ2v) is 7.09. The summed E-state index contributed by atoms with van der Waals surface area (Å²) in [6, 6.07) is 1.74. The third kappa shape index (κ3) is 4.63. The number of anilines is 1. The topological polar surface area (TPSA) is 65.9 Å². The molecule has 1 unspecified atom stereocenters. The molecule has 0 radical (unpaired) electrons. The molecular formula is C18H26ClN3O3. The number of aliphatic hydroxyl groups excluding tert-OH is 1. The van der Waals surface area contributed by atoms with Crippen molar-refractivity contribution < 1.29 is 14.6 Å². The lowest BCUT2D eigenvalue weighted by atomic mass is 10.1. The third-order valence-electron chi connectivity index (χ3n) is 4.83. The lowest BCUT2D eigenvalue weighted by molar-refractivity contribution is 0.0213. The molecule has 0 saturated carbocycles. The van der Waals surface area contributed by atoms with Gasteiger partial charge >= 0.3 is 0 Å². The van der Waals surface area contributed by atoms with Crippen molar-refractivity contribution in [2.75, 3.05) is 44.3 Å². The molecule has 25 heavy (non-hydrogen) atoms. The Balaban J connectivity index is 1.67. The fourth-order valence-corrected chi connectivity index (χ4v) is 3.83. The van der Waals surface area contributed by atoms with Gasteiger partial charge in [-0.25, -0.2) is 4.98 Å². The molecule has 0 spiro atoms. The number of amides is 1. The Labute approximate surface area is 153 Å². The standard InChI is InChI=1S/C18H26ClN3O3/c19-16-11-14(18(24)21-6-2-1-3-7-21)12-20-17(16)22-8-4-5-15(13-22)25-10-9-23/h11-12,15,23H,1-10,13H2. The van der Waals surface area contributed by atoms with Crippen LogP contribution in [0.4, 0.5) is 5.82 Å². The fraction of sp³-hybridized carbons (Fsp3) is 0.667. The SMILES string of the molecule is O=C(c1cnc(N2CCCC(OCCO)C2)c(Cl)c1)N1CCCCC1. The Morgan fingerprint density at radius 1 is 1.28 bits per heavy atom. The number of ether oxygens (including phenoxy) is 1. The van der Waals surface area contributed by atoms with E-state index in [0.29, 0.717) is 29.6 Å². The van der Waals surface area contributed by atoms with E-state index in [1.54, 1.807) is 12.3 Å². The minimum Gasteiger partial charge on any atom is -0.394 e. The average molecular weight is 368 g/mol. The summed E-state index contributed by atoms with van der Waals surface area (Å²) in [4.78, 5) is 21.0. The number of piperidine rings is 2. The molecule has 2 aliphatic rings. The van der Waals surface area contributed by atoms with Crippen LogP contribution in [0.3, 0.4) is 0 Å². The van der Waals surface area contributed by atoms with E-state index in [-0.39, 0.29) is 18.6 Å². The molecule has 138 valence electrons. The molecular weight excluding hydrogens is 342 g/mol. The molecule has 0 aromatic carbocycles. The van der Waals surface area contributed by atoms with Crippen molar-refractivity contribution in [3.8, 4) is 0 Å². The molecule has 1 aromatic heterocycles. The van der Waals surface area contributed by atoms with Gasteiger partial charge in [0.25, 0.3) is 5.91 Å². The number of pyridine rings is 1. The second kappa shape index (κ2) is 8.83. The number of likely N-dealkylation sites (tertiary alicyclic amines) is 1. The van der Waals surface area contributed by atoms with Crippen LogP contribution < -0.4 is 4.90 Å². The first-order chi connectivity index (χ1) is 12.2. The predicted octanol–water partition coefficient (Wildman–Crippen LogP) is 2.34. The lowest BCUT2D eigenvalue weighted by Crippen LogP contribution is -2.40. The summed E-state index contributed by atoms with van der Waals surface area (Å²) in [5.41, 5.74) is 0.556. The summed E-state index contributed by atoms with van der Waals surface area (Å²) < 4.78 is 5.64. The molecule has 1 N–H and O–H groups in total. The van der Waals surface area contributed by atoms with Crippen molar-refractivity contribution >= 4 is 23.3 Å². The highest BCUT2D eigenvalue weighted by Crippen LogP contribution is 2.28. The van der Waals surface area contributed by atoms with Gasteiger partial charge in [0.15, 0.2) is 0 Å². The number of aromatic nitrogens is 1. The van der Waals surface area contributed by atoms with E-state index in [0.717, 1.165) is 45.3 Å². The minimum absolute atomic E-state index is 0.0171. The number of aliphatic hydroxyl groups is 1. The maximum Gasteiger partial charge on any atom is 0.255 e. The van der Waals surface area contributed by atoms with Crippen LogP contribution in [0, 0.1) is 0 Å². The molecule has 2 saturated heterocycles. The molecule has 1 aromatic rings. The van der Waals surface area contributed by atoms with E-state index in [1.807, 2.05) is 4.90 Å². The van der Waals surface area contributed by atoms with Crippen molar-refractivity contribution in [3.05, 3.63) is 22.8 Å². The zero-order valence-corrected chi connectivity index (χ0v) is 15.2. The van der Waals surface area contributed by atoms with Gasteiger partial charge in [0, 0.05) is 32.4 Å². The van der Waals surface area contributed by atoms with Gasteiger partial charge in [0.1, 0.15) is 5.82 Å². The lowest BCUT2D eigenvalue weighted by Gasteiger charge is -2.34. The molecule has 3 rings (SSSR count). The first-order valence-electron chi connectivity index (χ1n) is 9.11. The number of hydrogen-bond acceptors (Lipinski definition) is 5. The molecule has 1 amide bonds. The number of carbonyl (C=O) groups excluding carboxylic acids is 1. The van der Waals surface area contributed by atoms with Crippen LogP contribution in [0.15, 0.2) is 12.3 Å². The summed E-state index contributed by atoms with van der Waals surface area (Å²) in [5.74, 6) is 0.720. The highest BCUT2D eigenvalue weighted by molar-refractivity contribution is 6.33. The van der Waals surface area contributed by atoms with Crippen molar-refractivity contribution in [2.24, 2.45) is 0 Å². The van der Waals surface area contributed by atoms with Crippen molar-refractivity contribution in [3.63, 3.8) is 0 Å². The quantitative estimate of drug-likeness (QED) is 0.865. The molecule has 2 aliphatic heterocycles. The number of nitrogens with zero attached hydrogens (tertiary/aromatic N) is 3. The largest absolute Gasteiger partial charge is 0.394 e. The first kappa shape index (κ1) is 18.4.